The molecular weight excluding hydrogens is 316 g/mol. The van der Waals surface area contributed by atoms with Gasteiger partial charge in [0.05, 0.1) is 11.9 Å². The second-order valence-electron chi connectivity index (χ2n) is 5.32. The molecular formula is C14H16N6O2S. The lowest BCUT2D eigenvalue weighted by Gasteiger charge is -2.07. The molecule has 0 saturated carbocycles. The van der Waals surface area contributed by atoms with Gasteiger partial charge >= 0.3 is 0 Å². The third kappa shape index (κ3) is 2.59. The Labute approximate surface area is 136 Å². The van der Waals surface area contributed by atoms with Crippen LogP contribution in [0.1, 0.15) is 25.7 Å². The Balaban J connectivity index is 1.87. The Kier molecular flexibility index (Phi) is 3.64. The standard InChI is InChI=1S/C14H16N6O2S/c1-8-10(13(22)18(2)3)23-14(16-8)17-11(21)9-7-15-20-6-5-19(4)12(9)20/h5-7H,1-4H3,(H,16,17,21). The molecule has 9 heteroatoms. The fraction of sp³-hybridized carbons (Fsp3) is 0.286. The van der Waals surface area contributed by atoms with Gasteiger partial charge in [0, 0.05) is 33.5 Å². The van der Waals surface area contributed by atoms with Crippen molar-refractivity contribution in [2.24, 2.45) is 7.05 Å². The molecule has 0 aromatic carbocycles. The van der Waals surface area contributed by atoms with E-state index in [0.717, 1.165) is 11.3 Å². The fourth-order valence-electron chi connectivity index (χ4n) is 2.23. The van der Waals surface area contributed by atoms with Crippen molar-refractivity contribution in [3.63, 3.8) is 0 Å². The average Bonchev–Trinajstić information content (AvgIpc) is 3.15. The molecule has 0 radical (unpaired) electrons. The van der Waals surface area contributed by atoms with Crippen LogP contribution in [0.3, 0.4) is 0 Å². The zero-order valence-corrected chi connectivity index (χ0v) is 14.0. The van der Waals surface area contributed by atoms with E-state index in [-0.39, 0.29) is 11.8 Å². The molecule has 0 saturated heterocycles. The molecule has 0 atom stereocenters. The van der Waals surface area contributed by atoms with Gasteiger partial charge < -0.3 is 9.47 Å². The first-order valence-corrected chi connectivity index (χ1v) is 7.69. The summed E-state index contributed by atoms with van der Waals surface area (Å²) in [7, 11) is 5.20. The van der Waals surface area contributed by atoms with Crippen molar-refractivity contribution in [1.82, 2.24) is 24.1 Å². The van der Waals surface area contributed by atoms with Crippen molar-refractivity contribution in [1.29, 1.82) is 0 Å². The monoisotopic (exact) mass is 332 g/mol. The molecule has 23 heavy (non-hydrogen) atoms. The fourth-order valence-corrected chi connectivity index (χ4v) is 3.21. The lowest BCUT2D eigenvalue weighted by atomic mass is 10.3. The van der Waals surface area contributed by atoms with Gasteiger partial charge in [0.15, 0.2) is 5.13 Å². The number of imidazole rings is 1. The van der Waals surface area contributed by atoms with E-state index in [4.69, 9.17) is 0 Å². The second-order valence-corrected chi connectivity index (χ2v) is 6.32. The first-order valence-electron chi connectivity index (χ1n) is 6.87. The van der Waals surface area contributed by atoms with Crippen molar-refractivity contribution in [2.45, 2.75) is 6.92 Å². The molecule has 3 aromatic heterocycles. The van der Waals surface area contributed by atoms with Gasteiger partial charge in [-0.25, -0.2) is 9.50 Å². The molecule has 1 N–H and O–H groups in total. The second kappa shape index (κ2) is 5.51. The first-order chi connectivity index (χ1) is 10.9. The van der Waals surface area contributed by atoms with E-state index in [2.05, 4.69) is 15.4 Å². The van der Waals surface area contributed by atoms with E-state index in [9.17, 15) is 9.59 Å². The van der Waals surface area contributed by atoms with E-state index in [1.807, 2.05) is 17.8 Å². The van der Waals surface area contributed by atoms with E-state index < -0.39 is 0 Å². The summed E-state index contributed by atoms with van der Waals surface area (Å²) in [5.41, 5.74) is 1.74. The third-order valence-electron chi connectivity index (χ3n) is 3.40. The summed E-state index contributed by atoms with van der Waals surface area (Å²) in [6, 6.07) is 0. The SMILES string of the molecule is Cc1nc(NC(=O)c2cnn3ccn(C)c23)sc1C(=O)N(C)C. The highest BCUT2D eigenvalue weighted by Gasteiger charge is 2.20. The van der Waals surface area contributed by atoms with E-state index in [1.165, 1.54) is 11.1 Å². The molecule has 3 heterocycles. The molecule has 0 bridgehead atoms. The number of fused-ring (bicyclic) bond motifs is 1. The van der Waals surface area contributed by atoms with Crippen LogP contribution in [0.15, 0.2) is 18.6 Å². The van der Waals surface area contributed by atoms with Gasteiger partial charge in [-0.3, -0.25) is 14.9 Å². The van der Waals surface area contributed by atoms with Gasteiger partial charge in [0.2, 0.25) is 0 Å². The molecule has 0 aliphatic carbocycles. The van der Waals surface area contributed by atoms with Crippen LogP contribution < -0.4 is 5.32 Å². The van der Waals surface area contributed by atoms with Crippen LogP contribution in [0.5, 0.6) is 0 Å². The Morgan fingerprint density at radius 1 is 1.30 bits per heavy atom. The summed E-state index contributed by atoms with van der Waals surface area (Å²) in [6.07, 6.45) is 5.10. The molecule has 0 spiro atoms. The van der Waals surface area contributed by atoms with Crippen LogP contribution in [-0.2, 0) is 7.05 Å². The molecule has 0 fully saturated rings. The zero-order valence-electron chi connectivity index (χ0n) is 13.2. The van der Waals surface area contributed by atoms with Gasteiger partial charge in [-0.1, -0.05) is 11.3 Å². The summed E-state index contributed by atoms with van der Waals surface area (Å²) in [5.74, 6) is -0.435. The maximum absolute atomic E-state index is 12.5. The summed E-state index contributed by atoms with van der Waals surface area (Å²) in [6.45, 7) is 1.75. The maximum atomic E-state index is 12.5. The van der Waals surface area contributed by atoms with Crippen molar-refractivity contribution in [3.8, 4) is 0 Å². The number of nitrogens with one attached hydrogen (secondary N) is 1. The number of carbonyl (C=O) groups excluding carboxylic acids is 2. The molecule has 3 aromatic rings. The van der Waals surface area contributed by atoms with Crippen LogP contribution in [0.25, 0.3) is 5.65 Å². The van der Waals surface area contributed by atoms with Crippen LogP contribution >= 0.6 is 11.3 Å². The maximum Gasteiger partial charge on any atom is 0.265 e. The van der Waals surface area contributed by atoms with E-state index in [0.29, 0.717) is 26.9 Å². The van der Waals surface area contributed by atoms with Gasteiger partial charge in [-0.05, 0) is 6.92 Å². The summed E-state index contributed by atoms with van der Waals surface area (Å²) < 4.78 is 3.44. The number of hydrogen-bond acceptors (Lipinski definition) is 5. The van der Waals surface area contributed by atoms with Gasteiger partial charge in [-0.2, -0.15) is 5.10 Å². The number of rotatable bonds is 3. The predicted octanol–water partition coefficient (Wildman–Crippen LogP) is 1.39. The molecule has 3 rings (SSSR count). The van der Waals surface area contributed by atoms with Crippen molar-refractivity contribution >= 4 is 33.9 Å². The van der Waals surface area contributed by atoms with Crippen molar-refractivity contribution in [2.75, 3.05) is 19.4 Å². The van der Waals surface area contributed by atoms with Gasteiger partial charge in [0.25, 0.3) is 11.8 Å². The van der Waals surface area contributed by atoms with E-state index >= 15 is 0 Å². The molecule has 0 unspecified atom stereocenters. The van der Waals surface area contributed by atoms with Crippen LogP contribution in [0, 0.1) is 6.92 Å². The topological polar surface area (TPSA) is 84.5 Å². The van der Waals surface area contributed by atoms with Crippen molar-refractivity contribution < 1.29 is 9.59 Å². The molecule has 0 aliphatic heterocycles. The number of aryl methyl sites for hydroxylation is 2. The van der Waals surface area contributed by atoms with E-state index in [1.54, 1.807) is 31.7 Å². The summed E-state index contributed by atoms with van der Waals surface area (Å²) >= 11 is 1.16. The average molecular weight is 332 g/mol. The Morgan fingerprint density at radius 3 is 2.74 bits per heavy atom. The van der Waals surface area contributed by atoms with Crippen molar-refractivity contribution in [3.05, 3.63) is 34.7 Å². The zero-order chi connectivity index (χ0) is 16.7. The van der Waals surface area contributed by atoms with Gasteiger partial charge in [0.1, 0.15) is 16.1 Å². The lowest BCUT2D eigenvalue weighted by Crippen LogP contribution is -2.21. The summed E-state index contributed by atoms with van der Waals surface area (Å²) in [4.78, 5) is 30.8. The molecule has 2 amide bonds. The minimum Gasteiger partial charge on any atom is -0.344 e. The van der Waals surface area contributed by atoms with Crippen LogP contribution in [0.2, 0.25) is 0 Å². The number of thiazole rings is 1. The highest BCUT2D eigenvalue weighted by Crippen LogP contribution is 2.24. The number of anilines is 1. The Morgan fingerprint density at radius 2 is 2.04 bits per heavy atom. The lowest BCUT2D eigenvalue weighted by molar-refractivity contribution is 0.0831. The minimum atomic E-state index is -0.306. The highest BCUT2D eigenvalue weighted by molar-refractivity contribution is 7.17. The number of carbonyl (C=O) groups is 2. The van der Waals surface area contributed by atoms with Gasteiger partial charge in [-0.15, -0.1) is 0 Å². The predicted molar refractivity (Wildman–Crippen MR) is 87.0 cm³/mol. The summed E-state index contributed by atoms with van der Waals surface area (Å²) in [5, 5.41) is 7.27. The number of nitrogens with zero attached hydrogens (tertiary/aromatic N) is 5. The van der Waals surface area contributed by atoms with Crippen LogP contribution in [0.4, 0.5) is 5.13 Å². The minimum absolute atomic E-state index is 0.129. The third-order valence-corrected chi connectivity index (χ3v) is 4.46. The highest BCUT2D eigenvalue weighted by atomic mass is 32.1. The van der Waals surface area contributed by atoms with Crippen LogP contribution in [-0.4, -0.2) is 50.0 Å². The normalized spacial score (nSPS) is 11.0. The number of aromatic nitrogens is 4. The smallest absolute Gasteiger partial charge is 0.265 e. The Hall–Kier alpha value is -2.68. The number of hydrogen-bond donors (Lipinski definition) is 1. The first kappa shape index (κ1) is 15.2. The molecule has 120 valence electrons. The molecule has 8 nitrogen and oxygen atoms in total. The number of amides is 2. The quantitative estimate of drug-likeness (QED) is 0.785. The largest absolute Gasteiger partial charge is 0.344 e. The molecule has 0 aliphatic rings. The Bertz CT molecular complexity index is 904.